The first kappa shape index (κ1) is 13.5. The van der Waals surface area contributed by atoms with Crippen LogP contribution < -0.4 is 5.32 Å². The fourth-order valence-electron chi connectivity index (χ4n) is 2.13. The normalized spacial score (nSPS) is 11.2. The van der Waals surface area contributed by atoms with Gasteiger partial charge in [-0.05, 0) is 29.2 Å². The second kappa shape index (κ2) is 5.52. The molecule has 3 aromatic rings. The van der Waals surface area contributed by atoms with Crippen LogP contribution in [0, 0.1) is 5.82 Å². The first-order chi connectivity index (χ1) is 10.1. The Balaban J connectivity index is 1.71. The molecule has 5 heteroatoms. The minimum atomic E-state index is -0.330. The number of rotatable bonds is 4. The second-order valence-electron chi connectivity index (χ2n) is 5.34. The van der Waals surface area contributed by atoms with Gasteiger partial charge in [0.05, 0.1) is 6.20 Å². The highest BCUT2D eigenvalue weighted by Gasteiger charge is 2.04. The molecule has 0 fully saturated rings. The third kappa shape index (κ3) is 3.02. The summed E-state index contributed by atoms with van der Waals surface area (Å²) in [6.45, 7) is 4.98. The first-order valence-electron chi connectivity index (χ1n) is 6.96. The molecule has 0 spiro atoms. The predicted molar refractivity (Wildman–Crippen MR) is 80.8 cm³/mol. The Morgan fingerprint density at radius 2 is 1.90 bits per heavy atom. The van der Waals surface area contributed by atoms with Crippen LogP contribution in [-0.4, -0.2) is 14.6 Å². The third-order valence-corrected chi connectivity index (χ3v) is 3.39. The van der Waals surface area contributed by atoms with E-state index in [-0.39, 0.29) is 5.82 Å². The van der Waals surface area contributed by atoms with Gasteiger partial charge in [0.15, 0.2) is 5.65 Å². The van der Waals surface area contributed by atoms with Crippen LogP contribution in [0.5, 0.6) is 0 Å². The molecule has 3 rings (SSSR count). The molecule has 0 radical (unpaired) electrons. The average molecular weight is 284 g/mol. The van der Waals surface area contributed by atoms with E-state index in [0.717, 1.165) is 5.56 Å². The van der Waals surface area contributed by atoms with Crippen LogP contribution in [0.3, 0.4) is 0 Å². The first-order valence-corrected chi connectivity index (χ1v) is 6.96. The van der Waals surface area contributed by atoms with Crippen LogP contribution in [0.25, 0.3) is 5.65 Å². The quantitative estimate of drug-likeness (QED) is 0.796. The van der Waals surface area contributed by atoms with Crippen LogP contribution in [0.1, 0.15) is 30.9 Å². The van der Waals surface area contributed by atoms with Gasteiger partial charge >= 0.3 is 0 Å². The van der Waals surface area contributed by atoms with Crippen LogP contribution in [0.4, 0.5) is 10.3 Å². The van der Waals surface area contributed by atoms with Gasteiger partial charge in [-0.2, -0.15) is 4.98 Å². The minimum Gasteiger partial charge on any atom is -0.349 e. The van der Waals surface area contributed by atoms with Gasteiger partial charge in [-0.3, -0.25) is 0 Å². The van der Waals surface area contributed by atoms with Gasteiger partial charge < -0.3 is 5.32 Å². The van der Waals surface area contributed by atoms with Gasteiger partial charge in [0.1, 0.15) is 5.82 Å². The number of hydrogen-bond acceptors (Lipinski definition) is 3. The Kier molecular flexibility index (Phi) is 3.56. The number of halogens is 1. The van der Waals surface area contributed by atoms with Crippen LogP contribution in [-0.2, 0) is 6.54 Å². The van der Waals surface area contributed by atoms with Crippen molar-refractivity contribution in [1.82, 2.24) is 14.6 Å². The molecule has 4 nitrogen and oxygen atoms in total. The highest BCUT2D eigenvalue weighted by atomic mass is 19.1. The summed E-state index contributed by atoms with van der Waals surface area (Å²) in [5.74, 6) is 0.693. The maximum absolute atomic E-state index is 13.1. The van der Waals surface area contributed by atoms with Crippen molar-refractivity contribution >= 4 is 11.6 Å². The Hall–Kier alpha value is -2.43. The number of hydrogen-bond donors (Lipinski definition) is 1. The molecule has 21 heavy (non-hydrogen) atoms. The summed E-state index contributed by atoms with van der Waals surface area (Å²) in [6, 6.07) is 11.4. The van der Waals surface area contributed by atoms with Gasteiger partial charge in [-0.1, -0.05) is 38.1 Å². The van der Waals surface area contributed by atoms with E-state index in [0.29, 0.717) is 24.1 Å². The average Bonchev–Trinajstić information content (AvgIpc) is 2.87. The summed E-state index contributed by atoms with van der Waals surface area (Å²) >= 11 is 0. The van der Waals surface area contributed by atoms with E-state index in [1.165, 1.54) is 22.3 Å². The lowest BCUT2D eigenvalue weighted by molar-refractivity contribution is 0.615. The second-order valence-corrected chi connectivity index (χ2v) is 5.34. The molecule has 0 atom stereocenters. The molecule has 0 unspecified atom stereocenters. The van der Waals surface area contributed by atoms with Gasteiger partial charge in [-0.25, -0.2) is 8.91 Å². The van der Waals surface area contributed by atoms with Gasteiger partial charge in [0.25, 0.3) is 0 Å². The number of anilines is 1. The molecule has 0 aliphatic carbocycles. The Morgan fingerprint density at radius 1 is 1.14 bits per heavy atom. The van der Waals surface area contributed by atoms with Crippen LogP contribution in [0.2, 0.25) is 0 Å². The topological polar surface area (TPSA) is 42.2 Å². The van der Waals surface area contributed by atoms with Crippen molar-refractivity contribution in [3.63, 3.8) is 0 Å². The number of nitrogens with zero attached hydrogens (tertiary/aromatic N) is 3. The van der Waals surface area contributed by atoms with Gasteiger partial charge in [0, 0.05) is 6.54 Å². The molecule has 1 N–H and O–H groups in total. The molecular formula is C16H17FN4. The zero-order valence-corrected chi connectivity index (χ0v) is 12.0. The van der Waals surface area contributed by atoms with E-state index in [2.05, 4.69) is 53.5 Å². The predicted octanol–water partition coefficient (Wildman–Crippen LogP) is 3.60. The van der Waals surface area contributed by atoms with Crippen LogP contribution in [0.15, 0.2) is 42.6 Å². The van der Waals surface area contributed by atoms with Crippen LogP contribution >= 0.6 is 0 Å². The summed E-state index contributed by atoms with van der Waals surface area (Å²) in [7, 11) is 0. The number of aromatic nitrogens is 3. The number of fused-ring (bicyclic) bond motifs is 1. The smallest absolute Gasteiger partial charge is 0.243 e. The molecule has 2 aromatic heterocycles. The maximum atomic E-state index is 13.1. The molecule has 1 aromatic carbocycles. The highest BCUT2D eigenvalue weighted by molar-refractivity contribution is 5.43. The molecule has 0 aliphatic rings. The minimum absolute atomic E-state index is 0.330. The van der Waals surface area contributed by atoms with Crippen molar-refractivity contribution < 1.29 is 4.39 Å². The zero-order chi connectivity index (χ0) is 14.8. The number of benzene rings is 1. The number of pyridine rings is 1. The Bertz CT molecular complexity index is 747. The number of nitrogens with one attached hydrogen (secondary N) is 1. The molecule has 0 amide bonds. The van der Waals surface area contributed by atoms with E-state index in [4.69, 9.17) is 0 Å². The van der Waals surface area contributed by atoms with Gasteiger partial charge in [0.2, 0.25) is 5.95 Å². The Labute approximate surface area is 122 Å². The SMILES string of the molecule is CC(C)c1ccc(CNc2nc3ccc(F)cn3n2)cc1. The summed E-state index contributed by atoms with van der Waals surface area (Å²) in [5.41, 5.74) is 3.10. The Morgan fingerprint density at radius 3 is 2.62 bits per heavy atom. The summed E-state index contributed by atoms with van der Waals surface area (Å²) in [4.78, 5) is 4.29. The van der Waals surface area contributed by atoms with Crippen molar-refractivity contribution in [2.75, 3.05) is 5.32 Å². The van der Waals surface area contributed by atoms with Crippen molar-refractivity contribution in [2.45, 2.75) is 26.3 Å². The third-order valence-electron chi connectivity index (χ3n) is 3.39. The molecular weight excluding hydrogens is 267 g/mol. The lowest BCUT2D eigenvalue weighted by Crippen LogP contribution is -2.01. The summed E-state index contributed by atoms with van der Waals surface area (Å²) < 4.78 is 14.5. The fourth-order valence-corrected chi connectivity index (χ4v) is 2.13. The molecule has 0 bridgehead atoms. The summed E-state index contributed by atoms with van der Waals surface area (Å²) in [5, 5.41) is 7.34. The molecule has 0 saturated heterocycles. The fraction of sp³-hybridized carbons (Fsp3) is 0.250. The molecule has 2 heterocycles. The molecule has 0 aliphatic heterocycles. The van der Waals surface area contributed by atoms with Crippen molar-refractivity contribution in [3.05, 3.63) is 59.5 Å². The van der Waals surface area contributed by atoms with Crippen molar-refractivity contribution in [2.24, 2.45) is 0 Å². The lowest BCUT2D eigenvalue weighted by Gasteiger charge is -2.07. The van der Waals surface area contributed by atoms with E-state index in [1.54, 1.807) is 6.07 Å². The summed E-state index contributed by atoms with van der Waals surface area (Å²) in [6.07, 6.45) is 1.31. The van der Waals surface area contributed by atoms with E-state index in [9.17, 15) is 4.39 Å². The van der Waals surface area contributed by atoms with Crippen molar-refractivity contribution in [3.8, 4) is 0 Å². The lowest BCUT2D eigenvalue weighted by atomic mass is 10.0. The van der Waals surface area contributed by atoms with Crippen molar-refractivity contribution in [1.29, 1.82) is 0 Å². The molecule has 0 saturated carbocycles. The monoisotopic (exact) mass is 284 g/mol. The van der Waals surface area contributed by atoms with E-state index >= 15 is 0 Å². The van der Waals surface area contributed by atoms with E-state index in [1.807, 2.05) is 0 Å². The highest BCUT2D eigenvalue weighted by Crippen LogP contribution is 2.15. The molecule has 108 valence electrons. The maximum Gasteiger partial charge on any atom is 0.243 e. The van der Waals surface area contributed by atoms with Gasteiger partial charge in [-0.15, -0.1) is 5.10 Å². The largest absolute Gasteiger partial charge is 0.349 e. The zero-order valence-electron chi connectivity index (χ0n) is 12.0. The van der Waals surface area contributed by atoms with E-state index < -0.39 is 0 Å². The standard InChI is InChI=1S/C16H17FN4/c1-11(2)13-5-3-12(4-6-13)9-18-16-19-15-8-7-14(17)10-21(15)20-16/h3-8,10-11H,9H2,1-2H3,(H,18,20).